The second-order valence-corrected chi connectivity index (χ2v) is 3.22. The van der Waals surface area contributed by atoms with Crippen LogP contribution in [0.2, 0.25) is 0 Å². The molecule has 1 saturated heterocycles. The highest BCUT2D eigenvalue weighted by molar-refractivity contribution is 5.67. The van der Waals surface area contributed by atoms with E-state index in [0.29, 0.717) is 12.8 Å². The highest BCUT2D eigenvalue weighted by Crippen LogP contribution is 2.30. The van der Waals surface area contributed by atoms with Gasteiger partial charge in [-0.1, -0.05) is 0 Å². The summed E-state index contributed by atoms with van der Waals surface area (Å²) >= 11 is 0. The van der Waals surface area contributed by atoms with E-state index in [2.05, 4.69) is 0 Å². The SMILES string of the molecule is C[C@@]1(C#N)CC[C@H](CC(=O)O)O1. The van der Waals surface area contributed by atoms with Crippen molar-refractivity contribution in [3.05, 3.63) is 0 Å². The number of carboxylic acid groups (broad SMARTS) is 1. The van der Waals surface area contributed by atoms with Gasteiger partial charge in [-0.3, -0.25) is 4.79 Å². The van der Waals surface area contributed by atoms with Crippen molar-refractivity contribution >= 4 is 5.97 Å². The van der Waals surface area contributed by atoms with Crippen LogP contribution in [0.3, 0.4) is 0 Å². The first-order valence-corrected chi connectivity index (χ1v) is 3.86. The van der Waals surface area contributed by atoms with Gasteiger partial charge in [-0.05, 0) is 19.8 Å². The summed E-state index contributed by atoms with van der Waals surface area (Å²) in [5, 5.41) is 17.1. The first-order chi connectivity index (χ1) is 5.56. The summed E-state index contributed by atoms with van der Waals surface area (Å²) in [5.74, 6) is -0.873. The predicted molar refractivity (Wildman–Crippen MR) is 40.4 cm³/mol. The smallest absolute Gasteiger partial charge is 0.305 e. The minimum absolute atomic E-state index is 0.00271. The van der Waals surface area contributed by atoms with Gasteiger partial charge in [0.25, 0.3) is 0 Å². The van der Waals surface area contributed by atoms with E-state index in [1.807, 2.05) is 6.07 Å². The minimum atomic E-state index is -0.873. The van der Waals surface area contributed by atoms with Crippen LogP contribution >= 0.6 is 0 Å². The fraction of sp³-hybridized carbons (Fsp3) is 0.750. The Labute approximate surface area is 70.7 Å². The van der Waals surface area contributed by atoms with E-state index in [9.17, 15) is 4.79 Å². The molecule has 0 saturated carbocycles. The third-order valence-electron chi connectivity index (χ3n) is 2.01. The summed E-state index contributed by atoms with van der Waals surface area (Å²) in [7, 11) is 0. The molecule has 1 aliphatic rings. The average Bonchev–Trinajstić information content (AvgIpc) is 2.32. The molecule has 0 amide bonds. The number of nitriles is 1. The van der Waals surface area contributed by atoms with Crippen molar-refractivity contribution in [3.8, 4) is 6.07 Å². The largest absolute Gasteiger partial charge is 0.481 e. The van der Waals surface area contributed by atoms with Gasteiger partial charge in [0.05, 0.1) is 18.6 Å². The van der Waals surface area contributed by atoms with Crippen LogP contribution in [0.15, 0.2) is 0 Å². The van der Waals surface area contributed by atoms with E-state index in [-0.39, 0.29) is 12.5 Å². The molecule has 0 unspecified atom stereocenters. The Morgan fingerprint density at radius 3 is 3.00 bits per heavy atom. The number of nitrogens with zero attached hydrogens (tertiary/aromatic N) is 1. The van der Waals surface area contributed by atoms with Crippen molar-refractivity contribution in [2.24, 2.45) is 0 Å². The Bertz CT molecular complexity index is 233. The molecule has 2 atom stereocenters. The molecule has 0 aromatic heterocycles. The van der Waals surface area contributed by atoms with Gasteiger partial charge < -0.3 is 9.84 Å². The van der Waals surface area contributed by atoms with E-state index >= 15 is 0 Å². The maximum Gasteiger partial charge on any atom is 0.305 e. The standard InChI is InChI=1S/C8H11NO3/c1-8(5-9)3-2-6(12-8)4-7(10)11/h6H,2-4H2,1H3,(H,10,11)/t6-,8+/m1/s1. The molecule has 1 aliphatic heterocycles. The lowest BCUT2D eigenvalue weighted by Gasteiger charge is -2.14. The molecule has 0 aliphatic carbocycles. The fourth-order valence-electron chi connectivity index (χ4n) is 1.34. The van der Waals surface area contributed by atoms with Crippen molar-refractivity contribution in [3.63, 3.8) is 0 Å². The molecule has 0 bridgehead atoms. The van der Waals surface area contributed by atoms with Crippen molar-refractivity contribution in [2.45, 2.75) is 37.9 Å². The maximum atomic E-state index is 10.3. The normalized spacial score (nSPS) is 34.5. The van der Waals surface area contributed by atoms with Gasteiger partial charge in [0, 0.05) is 0 Å². The van der Waals surface area contributed by atoms with Crippen LogP contribution in [-0.2, 0) is 9.53 Å². The zero-order valence-corrected chi connectivity index (χ0v) is 6.91. The van der Waals surface area contributed by atoms with Gasteiger partial charge in [0.15, 0.2) is 5.60 Å². The third-order valence-corrected chi connectivity index (χ3v) is 2.01. The lowest BCUT2D eigenvalue weighted by Crippen LogP contribution is -2.23. The second-order valence-electron chi connectivity index (χ2n) is 3.22. The first-order valence-electron chi connectivity index (χ1n) is 3.86. The lowest BCUT2D eigenvalue weighted by atomic mass is 10.0. The van der Waals surface area contributed by atoms with Crippen molar-refractivity contribution < 1.29 is 14.6 Å². The quantitative estimate of drug-likeness (QED) is 0.667. The number of hydrogen-bond donors (Lipinski definition) is 1. The van der Waals surface area contributed by atoms with E-state index in [1.54, 1.807) is 6.92 Å². The Balaban J connectivity index is 2.47. The summed E-state index contributed by atoms with van der Waals surface area (Å²) in [4.78, 5) is 10.3. The van der Waals surface area contributed by atoms with Gasteiger partial charge >= 0.3 is 5.97 Å². The van der Waals surface area contributed by atoms with Gasteiger partial charge in [-0.25, -0.2) is 0 Å². The summed E-state index contributed by atoms with van der Waals surface area (Å²) in [6.45, 7) is 1.69. The second kappa shape index (κ2) is 3.11. The highest BCUT2D eigenvalue weighted by Gasteiger charge is 2.36. The van der Waals surface area contributed by atoms with E-state index < -0.39 is 11.6 Å². The van der Waals surface area contributed by atoms with Crippen LogP contribution in [0.25, 0.3) is 0 Å². The lowest BCUT2D eigenvalue weighted by molar-refractivity contribution is -0.140. The number of rotatable bonds is 2. The van der Waals surface area contributed by atoms with Gasteiger partial charge in [0.2, 0.25) is 0 Å². The molecular formula is C8H11NO3. The van der Waals surface area contributed by atoms with Crippen molar-refractivity contribution in [1.29, 1.82) is 5.26 Å². The molecule has 1 heterocycles. The number of aliphatic carboxylic acids is 1. The van der Waals surface area contributed by atoms with Crippen LogP contribution < -0.4 is 0 Å². The first kappa shape index (κ1) is 9.01. The highest BCUT2D eigenvalue weighted by atomic mass is 16.5. The van der Waals surface area contributed by atoms with Crippen molar-refractivity contribution in [1.82, 2.24) is 0 Å². The summed E-state index contributed by atoms with van der Waals surface area (Å²) < 4.78 is 5.27. The Morgan fingerprint density at radius 2 is 2.58 bits per heavy atom. The number of carbonyl (C=O) groups is 1. The van der Waals surface area contributed by atoms with Crippen LogP contribution in [-0.4, -0.2) is 22.8 Å². The van der Waals surface area contributed by atoms with Crippen LogP contribution in [0.1, 0.15) is 26.2 Å². The predicted octanol–water partition coefficient (Wildman–Crippen LogP) is 0.922. The van der Waals surface area contributed by atoms with Gasteiger partial charge in [0.1, 0.15) is 0 Å². The fourth-order valence-corrected chi connectivity index (χ4v) is 1.34. The van der Waals surface area contributed by atoms with Crippen LogP contribution in [0, 0.1) is 11.3 Å². The Morgan fingerprint density at radius 1 is 1.92 bits per heavy atom. The number of hydrogen-bond acceptors (Lipinski definition) is 3. The molecule has 1 fully saturated rings. The molecule has 12 heavy (non-hydrogen) atoms. The monoisotopic (exact) mass is 169 g/mol. The minimum Gasteiger partial charge on any atom is -0.481 e. The third kappa shape index (κ3) is 1.95. The van der Waals surface area contributed by atoms with Crippen LogP contribution in [0.5, 0.6) is 0 Å². The van der Waals surface area contributed by atoms with E-state index in [4.69, 9.17) is 15.1 Å². The molecule has 0 aromatic rings. The summed E-state index contributed by atoms with van der Waals surface area (Å²) in [5.41, 5.74) is -0.764. The average molecular weight is 169 g/mol. The summed E-state index contributed by atoms with van der Waals surface area (Å²) in [6, 6.07) is 2.03. The molecule has 0 radical (unpaired) electrons. The zero-order valence-electron chi connectivity index (χ0n) is 6.91. The molecule has 1 N–H and O–H groups in total. The van der Waals surface area contributed by atoms with Gasteiger partial charge in [-0.2, -0.15) is 5.26 Å². The molecule has 4 heteroatoms. The molecule has 0 aromatic carbocycles. The Kier molecular flexibility index (Phi) is 2.34. The molecule has 4 nitrogen and oxygen atoms in total. The summed E-state index contributed by atoms with van der Waals surface area (Å²) in [6.07, 6.45) is 1.00. The van der Waals surface area contributed by atoms with Gasteiger partial charge in [-0.15, -0.1) is 0 Å². The zero-order chi connectivity index (χ0) is 9.19. The molecule has 66 valence electrons. The van der Waals surface area contributed by atoms with Crippen molar-refractivity contribution in [2.75, 3.05) is 0 Å². The van der Waals surface area contributed by atoms with Crippen LogP contribution in [0.4, 0.5) is 0 Å². The molecular weight excluding hydrogens is 158 g/mol. The van der Waals surface area contributed by atoms with E-state index in [1.165, 1.54) is 0 Å². The molecule has 0 spiro atoms. The Hall–Kier alpha value is -1.08. The number of ether oxygens (including phenoxy) is 1. The number of carboxylic acids is 1. The molecule has 1 rings (SSSR count). The maximum absolute atomic E-state index is 10.3. The van der Waals surface area contributed by atoms with E-state index in [0.717, 1.165) is 0 Å². The topological polar surface area (TPSA) is 70.3 Å².